The summed E-state index contributed by atoms with van der Waals surface area (Å²) >= 11 is 3.33. The van der Waals surface area contributed by atoms with E-state index >= 15 is 0 Å². The van der Waals surface area contributed by atoms with Crippen LogP contribution >= 0.6 is 23.1 Å². The summed E-state index contributed by atoms with van der Waals surface area (Å²) in [4.78, 5) is 25.0. The van der Waals surface area contributed by atoms with Gasteiger partial charge in [0.1, 0.15) is 16.2 Å². The van der Waals surface area contributed by atoms with Crippen molar-refractivity contribution in [2.75, 3.05) is 31.9 Å². The Kier molecular flexibility index (Phi) is 4.72. The Balaban J connectivity index is 1.58. The first kappa shape index (κ1) is 14.7. The number of aromatic nitrogens is 2. The molecule has 0 spiro atoms. The Morgan fingerprint density at radius 3 is 3.05 bits per heavy atom. The SMILES string of the molecule is Cc1cc2c(SCCC(=O)N3CCNCC3)ncnc2s1. The molecule has 5 nitrogen and oxygen atoms in total. The van der Waals surface area contributed by atoms with E-state index in [-0.39, 0.29) is 5.91 Å². The molecule has 3 heterocycles. The molecule has 1 amide bonds. The zero-order valence-corrected chi connectivity index (χ0v) is 13.6. The molecular weight excluding hydrogens is 304 g/mol. The summed E-state index contributed by atoms with van der Waals surface area (Å²) < 4.78 is 0. The third-order valence-electron chi connectivity index (χ3n) is 3.44. The second-order valence-electron chi connectivity index (χ2n) is 4.98. The lowest BCUT2D eigenvalue weighted by Gasteiger charge is -2.27. The fourth-order valence-electron chi connectivity index (χ4n) is 2.38. The van der Waals surface area contributed by atoms with Gasteiger partial charge in [-0.1, -0.05) is 0 Å². The number of hydrogen-bond acceptors (Lipinski definition) is 6. The van der Waals surface area contributed by atoms with Crippen molar-refractivity contribution < 1.29 is 4.79 Å². The maximum atomic E-state index is 12.1. The van der Waals surface area contributed by atoms with E-state index < -0.39 is 0 Å². The summed E-state index contributed by atoms with van der Waals surface area (Å²) in [7, 11) is 0. The largest absolute Gasteiger partial charge is 0.340 e. The number of amides is 1. The number of fused-ring (bicyclic) bond motifs is 1. The number of aryl methyl sites for hydroxylation is 1. The first-order chi connectivity index (χ1) is 10.2. The van der Waals surface area contributed by atoms with Gasteiger partial charge < -0.3 is 10.2 Å². The molecule has 0 unspecified atom stereocenters. The maximum absolute atomic E-state index is 12.1. The number of nitrogens with one attached hydrogen (secondary N) is 1. The number of rotatable bonds is 4. The molecule has 0 aromatic carbocycles. The van der Waals surface area contributed by atoms with Crippen molar-refractivity contribution in [1.82, 2.24) is 20.2 Å². The fourth-order valence-corrected chi connectivity index (χ4v) is 4.19. The van der Waals surface area contributed by atoms with Crippen LogP contribution in [0.2, 0.25) is 0 Å². The lowest BCUT2D eigenvalue weighted by atomic mass is 10.3. The zero-order chi connectivity index (χ0) is 14.7. The number of carbonyl (C=O) groups is 1. The van der Waals surface area contributed by atoms with Crippen LogP contribution in [0.1, 0.15) is 11.3 Å². The topological polar surface area (TPSA) is 58.1 Å². The van der Waals surface area contributed by atoms with Gasteiger partial charge in [-0.3, -0.25) is 4.79 Å². The average molecular weight is 322 g/mol. The van der Waals surface area contributed by atoms with Crippen LogP contribution in [0.3, 0.4) is 0 Å². The number of thiophene rings is 1. The predicted octanol–water partition coefficient (Wildman–Crippen LogP) is 1.91. The summed E-state index contributed by atoms with van der Waals surface area (Å²) in [6.07, 6.45) is 2.18. The Bertz CT molecular complexity index is 637. The van der Waals surface area contributed by atoms with Gasteiger partial charge in [0.2, 0.25) is 5.91 Å². The highest BCUT2D eigenvalue weighted by atomic mass is 32.2. The minimum atomic E-state index is 0.246. The Morgan fingerprint density at radius 2 is 2.24 bits per heavy atom. The van der Waals surface area contributed by atoms with Crippen LogP contribution < -0.4 is 5.32 Å². The Morgan fingerprint density at radius 1 is 1.43 bits per heavy atom. The van der Waals surface area contributed by atoms with Crippen LogP contribution in [0.25, 0.3) is 10.2 Å². The van der Waals surface area contributed by atoms with E-state index in [1.807, 2.05) is 4.90 Å². The summed E-state index contributed by atoms with van der Waals surface area (Å²) in [5.74, 6) is 1.01. The molecule has 1 saturated heterocycles. The molecule has 1 N–H and O–H groups in total. The van der Waals surface area contributed by atoms with Gasteiger partial charge >= 0.3 is 0 Å². The van der Waals surface area contributed by atoms with Gasteiger partial charge in [0.15, 0.2) is 0 Å². The van der Waals surface area contributed by atoms with Gasteiger partial charge in [0.05, 0.1) is 0 Å². The first-order valence-corrected chi connectivity index (χ1v) is 8.86. The summed E-state index contributed by atoms with van der Waals surface area (Å²) in [6, 6.07) is 2.13. The highest BCUT2D eigenvalue weighted by Gasteiger charge is 2.16. The molecule has 0 saturated carbocycles. The molecule has 7 heteroatoms. The second kappa shape index (κ2) is 6.72. The molecule has 2 aromatic rings. The zero-order valence-electron chi connectivity index (χ0n) is 12.0. The van der Waals surface area contributed by atoms with Crippen LogP contribution in [0, 0.1) is 6.92 Å². The van der Waals surface area contributed by atoms with Gasteiger partial charge in [0, 0.05) is 48.6 Å². The van der Waals surface area contributed by atoms with Crippen LogP contribution in [0.15, 0.2) is 17.4 Å². The van der Waals surface area contributed by atoms with Crippen LogP contribution in [0.5, 0.6) is 0 Å². The molecule has 1 aliphatic heterocycles. The number of carbonyl (C=O) groups excluding carboxylic acids is 1. The molecule has 0 atom stereocenters. The Labute approximate surface area is 132 Å². The van der Waals surface area contributed by atoms with Crippen molar-refractivity contribution >= 4 is 39.2 Å². The number of thioether (sulfide) groups is 1. The smallest absolute Gasteiger partial charge is 0.223 e. The van der Waals surface area contributed by atoms with Crippen LogP contribution in [-0.4, -0.2) is 52.7 Å². The highest BCUT2D eigenvalue weighted by Crippen LogP contribution is 2.30. The molecule has 1 aliphatic rings. The molecule has 0 radical (unpaired) electrons. The van der Waals surface area contributed by atoms with Crippen LogP contribution in [-0.2, 0) is 4.79 Å². The van der Waals surface area contributed by atoms with E-state index in [0.29, 0.717) is 6.42 Å². The van der Waals surface area contributed by atoms with Gasteiger partial charge in [-0.05, 0) is 13.0 Å². The van der Waals surface area contributed by atoms with E-state index in [1.165, 1.54) is 4.88 Å². The van der Waals surface area contributed by atoms with Crippen molar-refractivity contribution in [3.8, 4) is 0 Å². The third-order valence-corrected chi connectivity index (χ3v) is 5.41. The van der Waals surface area contributed by atoms with E-state index in [9.17, 15) is 4.79 Å². The minimum absolute atomic E-state index is 0.246. The molecule has 1 fully saturated rings. The van der Waals surface area contributed by atoms with E-state index in [0.717, 1.165) is 47.2 Å². The summed E-state index contributed by atoms with van der Waals surface area (Å²) in [6.45, 7) is 5.53. The second-order valence-corrected chi connectivity index (χ2v) is 7.30. The average Bonchev–Trinajstić information content (AvgIpc) is 2.89. The molecule has 21 heavy (non-hydrogen) atoms. The van der Waals surface area contributed by atoms with Gasteiger partial charge in [-0.2, -0.15) is 0 Å². The predicted molar refractivity (Wildman–Crippen MR) is 86.9 cm³/mol. The van der Waals surface area contributed by atoms with Crippen molar-refractivity contribution in [2.45, 2.75) is 18.4 Å². The Hall–Kier alpha value is -1.18. The van der Waals surface area contributed by atoms with E-state index in [4.69, 9.17) is 0 Å². The molecular formula is C14H18N4OS2. The van der Waals surface area contributed by atoms with Crippen molar-refractivity contribution in [1.29, 1.82) is 0 Å². The van der Waals surface area contributed by atoms with Crippen molar-refractivity contribution in [2.24, 2.45) is 0 Å². The summed E-state index contributed by atoms with van der Waals surface area (Å²) in [5, 5.41) is 5.35. The van der Waals surface area contributed by atoms with E-state index in [2.05, 4.69) is 28.3 Å². The fraction of sp³-hybridized carbons (Fsp3) is 0.500. The van der Waals surface area contributed by atoms with Gasteiger partial charge in [-0.15, -0.1) is 23.1 Å². The molecule has 112 valence electrons. The maximum Gasteiger partial charge on any atom is 0.223 e. The quantitative estimate of drug-likeness (QED) is 0.688. The third kappa shape index (κ3) is 3.53. The number of piperazine rings is 1. The lowest BCUT2D eigenvalue weighted by molar-refractivity contribution is -0.131. The standard InChI is InChI=1S/C14H18N4OS2/c1-10-8-11-13(16-9-17-14(11)21-10)20-7-2-12(19)18-5-3-15-4-6-18/h8-9,15H,2-7H2,1H3. The lowest BCUT2D eigenvalue weighted by Crippen LogP contribution is -2.46. The summed E-state index contributed by atoms with van der Waals surface area (Å²) in [5.41, 5.74) is 0. The number of nitrogens with zero attached hydrogens (tertiary/aromatic N) is 3. The minimum Gasteiger partial charge on any atom is -0.340 e. The van der Waals surface area contributed by atoms with Crippen LogP contribution in [0.4, 0.5) is 0 Å². The normalized spacial score (nSPS) is 15.6. The highest BCUT2D eigenvalue weighted by molar-refractivity contribution is 7.99. The molecule has 2 aromatic heterocycles. The van der Waals surface area contributed by atoms with Crippen molar-refractivity contribution in [3.63, 3.8) is 0 Å². The molecule has 0 bridgehead atoms. The molecule has 3 rings (SSSR count). The monoisotopic (exact) mass is 322 g/mol. The van der Waals surface area contributed by atoms with Gasteiger partial charge in [0.25, 0.3) is 0 Å². The first-order valence-electron chi connectivity index (χ1n) is 7.06. The van der Waals surface area contributed by atoms with E-state index in [1.54, 1.807) is 29.4 Å². The van der Waals surface area contributed by atoms with Gasteiger partial charge in [-0.25, -0.2) is 9.97 Å². The van der Waals surface area contributed by atoms with Crippen molar-refractivity contribution in [3.05, 3.63) is 17.3 Å². The number of hydrogen-bond donors (Lipinski definition) is 1. The molecule has 0 aliphatic carbocycles.